The number of hydrogen-bond acceptors (Lipinski definition) is 1. The fourth-order valence-corrected chi connectivity index (χ4v) is 2.34. The first kappa shape index (κ1) is 13.7. The first-order valence-electron chi connectivity index (χ1n) is 6.99. The van der Waals surface area contributed by atoms with Gasteiger partial charge in [0.25, 0.3) is 0 Å². The van der Waals surface area contributed by atoms with E-state index < -0.39 is 0 Å². The third-order valence-electron chi connectivity index (χ3n) is 3.71. The van der Waals surface area contributed by atoms with Gasteiger partial charge in [-0.25, -0.2) is 0 Å². The van der Waals surface area contributed by atoms with Crippen molar-refractivity contribution in [3.63, 3.8) is 0 Å². The van der Waals surface area contributed by atoms with E-state index in [-0.39, 0.29) is 0 Å². The normalized spacial score (nSPS) is 10.5. The van der Waals surface area contributed by atoms with Gasteiger partial charge in [0.15, 0.2) is 0 Å². The highest BCUT2D eigenvalue weighted by Gasteiger charge is 2.08. The molecule has 0 saturated carbocycles. The van der Waals surface area contributed by atoms with E-state index in [0.29, 0.717) is 6.61 Å². The predicted molar refractivity (Wildman–Crippen MR) is 81.9 cm³/mol. The Kier molecular flexibility index (Phi) is 4.26. The molecule has 2 aromatic rings. The fraction of sp³-hybridized carbons (Fsp3) is 0.333. The van der Waals surface area contributed by atoms with Gasteiger partial charge < -0.3 is 4.74 Å². The van der Waals surface area contributed by atoms with Gasteiger partial charge in [-0.05, 0) is 61.1 Å². The van der Waals surface area contributed by atoms with E-state index in [1.807, 2.05) is 6.92 Å². The molecule has 0 saturated heterocycles. The Morgan fingerprint density at radius 1 is 0.842 bits per heavy atom. The molecule has 0 atom stereocenters. The van der Waals surface area contributed by atoms with Gasteiger partial charge in [0, 0.05) is 0 Å². The summed E-state index contributed by atoms with van der Waals surface area (Å²) in [5.74, 6) is 0.994. The fourth-order valence-electron chi connectivity index (χ4n) is 2.34. The average Bonchev–Trinajstić information content (AvgIpc) is 2.45. The Balaban J connectivity index is 2.41. The molecule has 0 heterocycles. The van der Waals surface area contributed by atoms with Gasteiger partial charge in [0.1, 0.15) is 5.75 Å². The first-order valence-corrected chi connectivity index (χ1v) is 6.99. The summed E-state index contributed by atoms with van der Waals surface area (Å²) in [4.78, 5) is 0. The Morgan fingerprint density at radius 2 is 1.53 bits per heavy atom. The number of benzene rings is 2. The van der Waals surface area contributed by atoms with E-state index in [4.69, 9.17) is 4.74 Å². The number of rotatable bonds is 4. The Hall–Kier alpha value is -1.76. The number of hydrogen-bond donors (Lipinski definition) is 0. The molecule has 2 aromatic carbocycles. The van der Waals surface area contributed by atoms with Crippen LogP contribution in [0.4, 0.5) is 0 Å². The van der Waals surface area contributed by atoms with E-state index in [2.05, 4.69) is 57.2 Å². The molecule has 0 unspecified atom stereocenters. The molecule has 2 rings (SSSR count). The molecule has 0 amide bonds. The molecule has 1 nitrogen and oxygen atoms in total. The number of ether oxygens (including phenoxy) is 1. The van der Waals surface area contributed by atoms with E-state index in [0.717, 1.165) is 12.2 Å². The minimum absolute atomic E-state index is 0.713. The van der Waals surface area contributed by atoms with Gasteiger partial charge in [0.2, 0.25) is 0 Å². The van der Waals surface area contributed by atoms with Crippen molar-refractivity contribution >= 4 is 0 Å². The van der Waals surface area contributed by atoms with Crippen LogP contribution in [0.25, 0.3) is 11.1 Å². The SMILES string of the molecule is CCOc1ccc(-c2ccc(CC)cc2)c(C)c1C. The Labute approximate surface area is 116 Å². The van der Waals surface area contributed by atoms with Crippen molar-refractivity contribution in [1.82, 2.24) is 0 Å². The van der Waals surface area contributed by atoms with Crippen molar-refractivity contribution in [3.8, 4) is 16.9 Å². The van der Waals surface area contributed by atoms with Crippen LogP contribution >= 0.6 is 0 Å². The average molecular weight is 254 g/mol. The summed E-state index contributed by atoms with van der Waals surface area (Å²) in [5.41, 5.74) is 6.49. The maximum Gasteiger partial charge on any atom is 0.122 e. The third-order valence-corrected chi connectivity index (χ3v) is 3.71. The molecule has 0 aliphatic heterocycles. The van der Waals surface area contributed by atoms with Crippen molar-refractivity contribution in [2.75, 3.05) is 6.61 Å². The molecule has 0 N–H and O–H groups in total. The molecule has 0 aliphatic rings. The molecular formula is C18H22O. The highest BCUT2D eigenvalue weighted by Crippen LogP contribution is 2.31. The first-order chi connectivity index (χ1) is 9.17. The third kappa shape index (κ3) is 2.81. The van der Waals surface area contributed by atoms with Crippen LogP contribution in [0.3, 0.4) is 0 Å². The molecule has 1 heteroatoms. The second-order valence-electron chi connectivity index (χ2n) is 4.84. The lowest BCUT2D eigenvalue weighted by Crippen LogP contribution is -1.97. The standard InChI is InChI=1S/C18H22O/c1-5-15-7-9-16(10-8-15)17-11-12-18(19-6-2)14(4)13(17)3/h7-12H,5-6H2,1-4H3. The smallest absolute Gasteiger partial charge is 0.122 e. The quantitative estimate of drug-likeness (QED) is 0.751. The van der Waals surface area contributed by atoms with E-state index in [1.165, 1.54) is 27.8 Å². The van der Waals surface area contributed by atoms with Crippen LogP contribution in [-0.2, 0) is 6.42 Å². The van der Waals surface area contributed by atoms with Gasteiger partial charge >= 0.3 is 0 Å². The van der Waals surface area contributed by atoms with Crippen molar-refractivity contribution in [2.45, 2.75) is 34.1 Å². The highest BCUT2D eigenvalue weighted by atomic mass is 16.5. The second kappa shape index (κ2) is 5.92. The van der Waals surface area contributed by atoms with Gasteiger partial charge in [0.05, 0.1) is 6.61 Å². The van der Waals surface area contributed by atoms with E-state index in [1.54, 1.807) is 0 Å². The second-order valence-corrected chi connectivity index (χ2v) is 4.84. The van der Waals surface area contributed by atoms with Crippen LogP contribution in [0.5, 0.6) is 5.75 Å². The zero-order chi connectivity index (χ0) is 13.8. The monoisotopic (exact) mass is 254 g/mol. The van der Waals surface area contributed by atoms with Crippen LogP contribution in [0, 0.1) is 13.8 Å². The van der Waals surface area contributed by atoms with Crippen molar-refractivity contribution < 1.29 is 4.74 Å². The zero-order valence-corrected chi connectivity index (χ0v) is 12.3. The van der Waals surface area contributed by atoms with Gasteiger partial charge in [-0.1, -0.05) is 37.3 Å². The minimum Gasteiger partial charge on any atom is -0.494 e. The van der Waals surface area contributed by atoms with Crippen LogP contribution in [0.2, 0.25) is 0 Å². The molecule has 0 radical (unpaired) electrons. The maximum atomic E-state index is 5.64. The molecule has 19 heavy (non-hydrogen) atoms. The van der Waals surface area contributed by atoms with Crippen LogP contribution < -0.4 is 4.74 Å². The molecule has 0 spiro atoms. The lowest BCUT2D eigenvalue weighted by molar-refractivity contribution is 0.337. The lowest BCUT2D eigenvalue weighted by atomic mass is 9.95. The molecular weight excluding hydrogens is 232 g/mol. The summed E-state index contributed by atoms with van der Waals surface area (Å²) in [6.45, 7) is 9.21. The van der Waals surface area contributed by atoms with Gasteiger partial charge in [-0.15, -0.1) is 0 Å². The predicted octanol–water partition coefficient (Wildman–Crippen LogP) is 4.93. The summed E-state index contributed by atoms with van der Waals surface area (Å²) in [5, 5.41) is 0. The van der Waals surface area contributed by atoms with Crippen molar-refractivity contribution in [3.05, 3.63) is 53.1 Å². The lowest BCUT2D eigenvalue weighted by Gasteiger charge is -2.14. The minimum atomic E-state index is 0.713. The Morgan fingerprint density at radius 3 is 2.11 bits per heavy atom. The Bertz CT molecular complexity index is 553. The van der Waals surface area contributed by atoms with Crippen LogP contribution in [0.15, 0.2) is 36.4 Å². The zero-order valence-electron chi connectivity index (χ0n) is 12.3. The summed E-state index contributed by atoms with van der Waals surface area (Å²) in [7, 11) is 0. The molecule has 100 valence electrons. The van der Waals surface area contributed by atoms with Crippen LogP contribution in [-0.4, -0.2) is 6.61 Å². The van der Waals surface area contributed by atoms with E-state index >= 15 is 0 Å². The van der Waals surface area contributed by atoms with Gasteiger partial charge in [-0.2, -0.15) is 0 Å². The summed E-state index contributed by atoms with van der Waals surface area (Å²) < 4.78 is 5.64. The van der Waals surface area contributed by atoms with Crippen molar-refractivity contribution in [1.29, 1.82) is 0 Å². The summed E-state index contributed by atoms with van der Waals surface area (Å²) in [6, 6.07) is 13.1. The van der Waals surface area contributed by atoms with Gasteiger partial charge in [-0.3, -0.25) is 0 Å². The van der Waals surface area contributed by atoms with E-state index in [9.17, 15) is 0 Å². The largest absolute Gasteiger partial charge is 0.494 e. The molecule has 0 bridgehead atoms. The topological polar surface area (TPSA) is 9.23 Å². The maximum absolute atomic E-state index is 5.64. The van der Waals surface area contributed by atoms with Crippen molar-refractivity contribution in [2.24, 2.45) is 0 Å². The molecule has 0 fully saturated rings. The highest BCUT2D eigenvalue weighted by molar-refractivity contribution is 5.70. The molecule has 0 aromatic heterocycles. The summed E-state index contributed by atoms with van der Waals surface area (Å²) in [6.07, 6.45) is 1.08. The summed E-state index contributed by atoms with van der Waals surface area (Å²) >= 11 is 0. The number of aryl methyl sites for hydroxylation is 1. The molecule has 0 aliphatic carbocycles. The van der Waals surface area contributed by atoms with Crippen LogP contribution in [0.1, 0.15) is 30.5 Å².